The van der Waals surface area contributed by atoms with E-state index in [2.05, 4.69) is 0 Å². The summed E-state index contributed by atoms with van der Waals surface area (Å²) in [4.78, 5) is 0. The van der Waals surface area contributed by atoms with E-state index in [4.69, 9.17) is 0 Å². The van der Waals surface area contributed by atoms with Crippen molar-refractivity contribution in [3.8, 4) is 11.8 Å². The average molecular weight is 123 g/mol. The van der Waals surface area contributed by atoms with E-state index in [1.54, 1.807) is 5.92 Å². The number of hydrogen-bond acceptors (Lipinski definition) is 1. The summed E-state index contributed by atoms with van der Waals surface area (Å²) < 4.78 is 33.5. The monoisotopic (exact) mass is 123 g/mol. The fourth-order valence-corrected chi connectivity index (χ4v) is 0.168. The van der Waals surface area contributed by atoms with Crippen molar-refractivity contribution in [2.45, 2.75) is 13.2 Å². The molecule has 0 unspecified atom stereocenters. The first-order valence-electron chi connectivity index (χ1n) is 1.85. The second-order valence-electron chi connectivity index (χ2n) is 0.989. The van der Waals surface area contributed by atoms with Crippen molar-refractivity contribution < 1.29 is 13.4 Å². The molecule has 0 N–H and O–H groups in total. The highest BCUT2D eigenvalue weighted by atomic mass is 19.4. The van der Waals surface area contributed by atoms with Crippen molar-refractivity contribution in [3.05, 3.63) is 0 Å². The average Bonchev–Trinajstić information content (AvgIpc) is 1.67. The zero-order valence-corrected chi connectivity index (χ0v) is 4.16. The highest BCUT2D eigenvalue weighted by Gasteiger charge is 2.11. The van der Waals surface area contributed by atoms with Crippen LogP contribution in [0.15, 0.2) is 0 Å². The minimum atomic E-state index is -2.44. The predicted octanol–water partition coefficient (Wildman–Crippen LogP) is 1.38. The lowest BCUT2D eigenvalue weighted by Gasteiger charge is -1.96. The summed E-state index contributed by atoms with van der Waals surface area (Å²) in [7, 11) is 0. The maximum absolute atomic E-state index is 11.5. The zero-order valence-electron chi connectivity index (χ0n) is 4.16. The highest BCUT2D eigenvalue weighted by molar-refractivity contribution is 4.99. The summed E-state index contributed by atoms with van der Waals surface area (Å²) in [6.07, 6.45) is -2.44. The van der Waals surface area contributed by atoms with Crippen LogP contribution < -0.4 is 0 Å². The Morgan fingerprint density at radius 3 is 2.12 bits per heavy atom. The molecule has 0 saturated carbocycles. The van der Waals surface area contributed by atoms with Crippen LogP contribution in [0.1, 0.15) is 6.92 Å². The highest BCUT2D eigenvalue weighted by Crippen LogP contribution is 1.99. The summed E-state index contributed by atoms with van der Waals surface area (Å²) >= 11 is 0. The van der Waals surface area contributed by atoms with Crippen molar-refractivity contribution in [1.29, 1.82) is 0 Å². The largest absolute Gasteiger partial charge is 0.272 e. The van der Waals surface area contributed by atoms with Crippen LogP contribution in [0, 0.1) is 11.8 Å². The first-order valence-corrected chi connectivity index (χ1v) is 1.85. The normalized spacial score (nSPS) is 12.6. The molecule has 0 aromatic rings. The summed E-state index contributed by atoms with van der Waals surface area (Å²) in [6.45, 7) is 1.29. The van der Waals surface area contributed by atoms with Gasteiger partial charge < -0.3 is 0 Å². The Morgan fingerprint density at radius 1 is 1.50 bits per heavy atom. The van der Waals surface area contributed by atoms with E-state index in [0.29, 0.717) is 0 Å². The molecule has 0 bridgehead atoms. The van der Waals surface area contributed by atoms with Gasteiger partial charge in [-0.25, -0.2) is 4.39 Å². The molecule has 0 fully saturated rings. The first-order chi connectivity index (χ1) is 3.68. The third-order valence-electron chi connectivity index (χ3n) is 0.435. The minimum absolute atomic E-state index is 1.29. The van der Waals surface area contributed by atoms with Crippen LogP contribution in [0.3, 0.4) is 0 Å². The molecule has 8 heavy (non-hydrogen) atoms. The molecule has 1 nitrogen and oxygen atoms in total. The van der Waals surface area contributed by atoms with Gasteiger partial charge in [-0.05, 0) is 12.8 Å². The molecule has 0 aromatic heterocycles. The smallest absolute Gasteiger partial charge is 0.210 e. The van der Waals surface area contributed by atoms with E-state index >= 15 is 0 Å². The molecule has 4 heteroatoms. The Balaban J connectivity index is 3.58. The second kappa shape index (κ2) is 3.33. The summed E-state index contributed by atoms with van der Waals surface area (Å²) in [5.41, 5.74) is 0. The zero-order chi connectivity index (χ0) is 6.57. The van der Waals surface area contributed by atoms with E-state index in [1.165, 1.54) is 6.92 Å². The van der Waals surface area contributed by atoms with Gasteiger partial charge in [0.25, 0.3) is 6.30 Å². The number of hydrogen-bond donors (Lipinski definition) is 0. The van der Waals surface area contributed by atoms with Crippen molar-refractivity contribution in [3.63, 3.8) is 0 Å². The van der Waals surface area contributed by atoms with Gasteiger partial charge in [0.05, 0.1) is 5.34 Å². The maximum atomic E-state index is 11.5. The van der Waals surface area contributed by atoms with Gasteiger partial charge in [-0.3, -0.25) is 0 Å². The predicted molar refractivity (Wildman–Crippen MR) is 22.4 cm³/mol. The van der Waals surface area contributed by atoms with Crippen molar-refractivity contribution in [2.75, 3.05) is 0 Å². The molecule has 0 spiro atoms. The third-order valence-corrected chi connectivity index (χ3v) is 0.435. The minimum Gasteiger partial charge on any atom is -0.210 e. The molecule has 0 aliphatic rings. The Hall–Kier alpha value is -0.690. The topological polar surface area (TPSA) is 3.24 Å². The molecule has 0 amide bonds. The van der Waals surface area contributed by atoms with E-state index in [9.17, 15) is 13.4 Å². The second-order valence-corrected chi connectivity index (χ2v) is 0.989. The molecule has 0 aliphatic heterocycles. The fraction of sp³-hybridized carbons (Fsp3) is 0.500. The number of halogens is 3. The Kier molecular flexibility index (Phi) is 3.04. The molecular formula is C4H4F3N. The number of rotatable bonds is 1. The van der Waals surface area contributed by atoms with Crippen LogP contribution in [-0.2, 0) is 0 Å². The lowest BCUT2D eigenvalue weighted by molar-refractivity contribution is -0.204. The lowest BCUT2D eigenvalue weighted by atomic mass is 10.6. The standard InChI is InChI=1S/C4H4F3N/c1-2-3-4(5)8(6)7/h4H,1H3/t4-/m1/s1. The van der Waals surface area contributed by atoms with Crippen LogP contribution >= 0.6 is 0 Å². The quantitative estimate of drug-likeness (QED) is 0.289. The molecule has 0 radical (unpaired) electrons. The van der Waals surface area contributed by atoms with Gasteiger partial charge in [0, 0.05) is 0 Å². The van der Waals surface area contributed by atoms with E-state index in [0.717, 1.165) is 0 Å². The van der Waals surface area contributed by atoms with Crippen LogP contribution in [-0.4, -0.2) is 11.6 Å². The van der Waals surface area contributed by atoms with Crippen molar-refractivity contribution in [2.24, 2.45) is 0 Å². The SMILES string of the molecule is CC#C[C@H](F)N(F)F. The van der Waals surface area contributed by atoms with Crippen LogP contribution in [0.25, 0.3) is 0 Å². The van der Waals surface area contributed by atoms with Gasteiger partial charge in [-0.1, -0.05) is 8.96 Å². The van der Waals surface area contributed by atoms with E-state index in [-0.39, 0.29) is 0 Å². The molecular weight excluding hydrogens is 119 g/mol. The van der Waals surface area contributed by atoms with Gasteiger partial charge in [0.15, 0.2) is 0 Å². The maximum Gasteiger partial charge on any atom is 0.272 e. The molecule has 1 atom stereocenters. The van der Waals surface area contributed by atoms with Gasteiger partial charge in [0.1, 0.15) is 0 Å². The number of alkyl halides is 1. The summed E-state index contributed by atoms with van der Waals surface area (Å²) in [5, 5.41) is -1.59. The van der Waals surface area contributed by atoms with E-state index in [1.807, 2.05) is 5.92 Å². The van der Waals surface area contributed by atoms with Gasteiger partial charge in [0.2, 0.25) is 0 Å². The van der Waals surface area contributed by atoms with Crippen molar-refractivity contribution in [1.82, 2.24) is 5.34 Å². The number of nitrogens with zero attached hydrogens (tertiary/aromatic N) is 1. The van der Waals surface area contributed by atoms with E-state index < -0.39 is 11.6 Å². The molecule has 0 heterocycles. The van der Waals surface area contributed by atoms with Crippen LogP contribution in [0.4, 0.5) is 13.4 Å². The Bertz CT molecular complexity index is 112. The Labute approximate surface area is 45.0 Å². The van der Waals surface area contributed by atoms with Gasteiger partial charge in [-0.15, -0.1) is 5.92 Å². The summed E-state index contributed by atoms with van der Waals surface area (Å²) in [6, 6.07) is 0. The first kappa shape index (κ1) is 7.31. The fourth-order valence-electron chi connectivity index (χ4n) is 0.168. The van der Waals surface area contributed by atoms with Gasteiger partial charge in [-0.2, -0.15) is 0 Å². The van der Waals surface area contributed by atoms with Crippen LogP contribution in [0.2, 0.25) is 0 Å². The van der Waals surface area contributed by atoms with Crippen LogP contribution in [0.5, 0.6) is 0 Å². The lowest BCUT2D eigenvalue weighted by Crippen LogP contribution is -2.11. The third kappa shape index (κ3) is 2.48. The molecule has 0 rings (SSSR count). The van der Waals surface area contributed by atoms with Crippen molar-refractivity contribution >= 4 is 0 Å². The molecule has 0 saturated heterocycles. The molecule has 46 valence electrons. The van der Waals surface area contributed by atoms with Gasteiger partial charge >= 0.3 is 0 Å². The molecule has 0 aliphatic carbocycles. The molecule has 0 aromatic carbocycles. The Morgan fingerprint density at radius 2 is 2.00 bits per heavy atom. The summed E-state index contributed by atoms with van der Waals surface area (Å²) in [5.74, 6) is 3.61.